The second-order valence-corrected chi connectivity index (χ2v) is 6.11. The second-order valence-electron chi connectivity index (χ2n) is 5.05. The van der Waals surface area contributed by atoms with Crippen LogP contribution in [0, 0.1) is 0 Å². The van der Waals surface area contributed by atoms with Crippen molar-refractivity contribution in [1.82, 2.24) is 5.32 Å². The van der Waals surface area contributed by atoms with Crippen molar-refractivity contribution in [2.45, 2.75) is 25.9 Å². The Bertz CT molecular complexity index is 676. The molecule has 6 heteroatoms. The van der Waals surface area contributed by atoms with Crippen LogP contribution in [0.1, 0.15) is 29.1 Å². The van der Waals surface area contributed by atoms with Crippen molar-refractivity contribution in [3.63, 3.8) is 0 Å². The van der Waals surface area contributed by atoms with Gasteiger partial charge in [-0.15, -0.1) is 11.3 Å². The summed E-state index contributed by atoms with van der Waals surface area (Å²) in [5, 5.41) is 13.2. The van der Waals surface area contributed by atoms with Crippen LogP contribution >= 0.6 is 11.3 Å². The van der Waals surface area contributed by atoms with Gasteiger partial charge >= 0.3 is 5.97 Å². The predicted molar refractivity (Wildman–Crippen MR) is 78.9 cm³/mol. The van der Waals surface area contributed by atoms with Crippen molar-refractivity contribution in [1.29, 1.82) is 0 Å². The zero-order valence-electron chi connectivity index (χ0n) is 11.3. The molecule has 0 spiro atoms. The molecule has 0 saturated heterocycles. The van der Waals surface area contributed by atoms with E-state index in [0.29, 0.717) is 10.4 Å². The molecule has 1 aromatic heterocycles. The van der Waals surface area contributed by atoms with Crippen LogP contribution in [0.4, 0.5) is 0 Å². The molecular formula is C14H16N2O3S. The highest BCUT2D eigenvalue weighted by Crippen LogP contribution is 2.31. The average Bonchev–Trinajstić information content (AvgIpc) is 2.75. The third-order valence-corrected chi connectivity index (χ3v) is 4.42. The van der Waals surface area contributed by atoms with E-state index >= 15 is 0 Å². The number of nitrogens with two attached hydrogens (primary N) is 1. The first-order chi connectivity index (χ1) is 9.33. The molecule has 0 aliphatic carbocycles. The van der Waals surface area contributed by atoms with Gasteiger partial charge in [-0.05, 0) is 30.9 Å². The molecule has 0 fully saturated rings. The van der Waals surface area contributed by atoms with E-state index in [1.807, 2.05) is 24.3 Å². The first-order valence-electron chi connectivity index (χ1n) is 6.11. The van der Waals surface area contributed by atoms with Crippen molar-refractivity contribution in [2.75, 3.05) is 0 Å². The number of hydrogen-bond donors (Lipinski definition) is 3. The van der Waals surface area contributed by atoms with E-state index in [4.69, 9.17) is 5.73 Å². The summed E-state index contributed by atoms with van der Waals surface area (Å²) in [5.74, 6) is -1.44. The summed E-state index contributed by atoms with van der Waals surface area (Å²) in [6, 6.07) is 7.50. The number of carboxylic acid groups (broad SMARTS) is 1. The van der Waals surface area contributed by atoms with Crippen molar-refractivity contribution < 1.29 is 14.7 Å². The van der Waals surface area contributed by atoms with E-state index in [-0.39, 0.29) is 6.54 Å². The number of nitrogens with one attached hydrogen (secondary N) is 1. The summed E-state index contributed by atoms with van der Waals surface area (Å²) < 4.78 is 0.915. The molecule has 4 N–H and O–H groups in total. The second kappa shape index (κ2) is 5.22. The Morgan fingerprint density at radius 2 is 2.00 bits per heavy atom. The molecule has 0 aliphatic rings. The molecule has 2 aromatic rings. The van der Waals surface area contributed by atoms with Crippen LogP contribution in [-0.2, 0) is 11.3 Å². The minimum atomic E-state index is -0.958. The van der Waals surface area contributed by atoms with E-state index < -0.39 is 17.4 Å². The molecule has 0 aliphatic heterocycles. The van der Waals surface area contributed by atoms with E-state index in [0.717, 1.165) is 10.1 Å². The number of carbonyl (C=O) groups excluding carboxylic acids is 1. The van der Waals surface area contributed by atoms with Gasteiger partial charge in [-0.2, -0.15) is 0 Å². The topological polar surface area (TPSA) is 92.4 Å². The third kappa shape index (κ3) is 2.66. The molecule has 0 bridgehead atoms. The summed E-state index contributed by atoms with van der Waals surface area (Å²) in [4.78, 5) is 22.9. The van der Waals surface area contributed by atoms with Crippen molar-refractivity contribution >= 4 is 33.3 Å². The molecule has 0 atom stereocenters. The fourth-order valence-corrected chi connectivity index (χ4v) is 2.90. The Kier molecular flexibility index (Phi) is 3.78. The Hall–Kier alpha value is -1.92. The lowest BCUT2D eigenvalue weighted by atomic mass is 10.0. The number of aromatic carboxylic acids is 1. The van der Waals surface area contributed by atoms with E-state index in [1.165, 1.54) is 11.3 Å². The summed E-state index contributed by atoms with van der Waals surface area (Å²) in [6.45, 7) is 3.62. The van der Waals surface area contributed by atoms with E-state index in [1.54, 1.807) is 13.8 Å². The molecule has 0 radical (unpaired) electrons. The zero-order chi connectivity index (χ0) is 14.9. The highest BCUT2D eigenvalue weighted by atomic mass is 32.1. The van der Waals surface area contributed by atoms with Gasteiger partial charge in [-0.1, -0.05) is 18.2 Å². The van der Waals surface area contributed by atoms with Crippen LogP contribution in [0.5, 0.6) is 0 Å². The highest BCUT2D eigenvalue weighted by molar-refractivity contribution is 7.21. The monoisotopic (exact) mass is 292 g/mol. The van der Waals surface area contributed by atoms with Crippen LogP contribution in [0.15, 0.2) is 24.3 Å². The van der Waals surface area contributed by atoms with Crippen molar-refractivity contribution in [3.05, 3.63) is 34.7 Å². The number of amides is 1. The van der Waals surface area contributed by atoms with Gasteiger partial charge in [0.15, 0.2) is 0 Å². The maximum absolute atomic E-state index is 11.3. The van der Waals surface area contributed by atoms with E-state index in [9.17, 15) is 14.7 Å². The predicted octanol–water partition coefficient (Wildman–Crippen LogP) is 1.95. The minimum Gasteiger partial charge on any atom is -0.477 e. The van der Waals surface area contributed by atoms with Gasteiger partial charge in [0.2, 0.25) is 5.91 Å². The molecule has 2 rings (SSSR count). The lowest BCUT2D eigenvalue weighted by Crippen LogP contribution is -2.50. The Morgan fingerprint density at radius 3 is 2.60 bits per heavy atom. The fraction of sp³-hybridized carbons (Fsp3) is 0.286. The summed E-state index contributed by atoms with van der Waals surface area (Å²) in [5.41, 5.74) is 5.10. The zero-order valence-corrected chi connectivity index (χ0v) is 12.1. The lowest BCUT2D eigenvalue weighted by Gasteiger charge is -2.22. The number of thiophene rings is 1. The van der Waals surface area contributed by atoms with Crippen molar-refractivity contribution in [2.24, 2.45) is 5.73 Å². The minimum absolute atomic E-state index is 0.279. The van der Waals surface area contributed by atoms with Crippen molar-refractivity contribution in [3.8, 4) is 0 Å². The number of primary amides is 1. The first-order valence-corrected chi connectivity index (χ1v) is 6.93. The maximum atomic E-state index is 11.3. The van der Waals surface area contributed by atoms with Gasteiger partial charge in [0.05, 0.1) is 5.54 Å². The molecule has 1 aromatic carbocycles. The van der Waals surface area contributed by atoms with Crippen LogP contribution < -0.4 is 11.1 Å². The fourth-order valence-electron chi connectivity index (χ4n) is 1.84. The van der Waals surface area contributed by atoms with Gasteiger partial charge < -0.3 is 10.8 Å². The molecule has 1 amide bonds. The first kappa shape index (κ1) is 14.5. The normalized spacial score (nSPS) is 11.7. The highest BCUT2D eigenvalue weighted by Gasteiger charge is 2.26. The van der Waals surface area contributed by atoms with Gasteiger partial charge in [-0.25, -0.2) is 4.79 Å². The summed E-state index contributed by atoms with van der Waals surface area (Å²) in [6.07, 6.45) is 0. The number of rotatable bonds is 5. The number of carboxylic acids is 1. The molecule has 1 heterocycles. The van der Waals surface area contributed by atoms with Gasteiger partial charge in [0, 0.05) is 11.2 Å². The quantitative estimate of drug-likeness (QED) is 0.785. The lowest BCUT2D eigenvalue weighted by molar-refractivity contribution is -0.123. The molecule has 0 unspecified atom stereocenters. The average molecular weight is 292 g/mol. The van der Waals surface area contributed by atoms with Crippen LogP contribution in [0.3, 0.4) is 0 Å². The Morgan fingerprint density at radius 1 is 1.35 bits per heavy atom. The smallest absolute Gasteiger partial charge is 0.346 e. The van der Waals surface area contributed by atoms with Gasteiger partial charge in [0.1, 0.15) is 4.88 Å². The largest absolute Gasteiger partial charge is 0.477 e. The van der Waals surface area contributed by atoms with Gasteiger partial charge in [0.25, 0.3) is 0 Å². The number of benzene rings is 1. The summed E-state index contributed by atoms with van der Waals surface area (Å²) in [7, 11) is 0. The Labute approximate surface area is 120 Å². The molecule has 5 nitrogen and oxygen atoms in total. The standard InChI is InChI=1S/C14H16N2O3S/c1-14(2,13(15)19)16-7-9-8-5-3-4-6-10(8)20-11(9)12(17)18/h3-6,16H,7H2,1-2H3,(H2,15,19)(H,17,18). The third-order valence-electron chi connectivity index (χ3n) is 3.22. The maximum Gasteiger partial charge on any atom is 0.346 e. The van der Waals surface area contributed by atoms with Crippen LogP contribution in [0.25, 0.3) is 10.1 Å². The molecule has 106 valence electrons. The van der Waals surface area contributed by atoms with Gasteiger partial charge in [-0.3, -0.25) is 10.1 Å². The molecule has 20 heavy (non-hydrogen) atoms. The number of carbonyl (C=O) groups is 2. The van der Waals surface area contributed by atoms with Crippen LogP contribution in [0.2, 0.25) is 0 Å². The SMILES string of the molecule is CC(C)(NCc1c(C(=O)O)sc2ccccc12)C(N)=O. The van der Waals surface area contributed by atoms with Crippen LogP contribution in [-0.4, -0.2) is 22.5 Å². The Balaban J connectivity index is 2.40. The summed E-state index contributed by atoms with van der Waals surface area (Å²) >= 11 is 1.24. The molecular weight excluding hydrogens is 276 g/mol. The van der Waals surface area contributed by atoms with E-state index in [2.05, 4.69) is 5.32 Å². The molecule has 0 saturated carbocycles. The number of fused-ring (bicyclic) bond motifs is 1. The number of hydrogen-bond acceptors (Lipinski definition) is 4.